The van der Waals surface area contributed by atoms with E-state index in [1.165, 1.54) is 43.8 Å². The van der Waals surface area contributed by atoms with Gasteiger partial charge in [0, 0.05) is 27.7 Å². The van der Waals surface area contributed by atoms with E-state index < -0.39 is 0 Å². The van der Waals surface area contributed by atoms with Gasteiger partial charge in [-0.2, -0.15) is 0 Å². The van der Waals surface area contributed by atoms with Crippen LogP contribution in [0.15, 0.2) is 205 Å². The molecule has 0 N–H and O–H groups in total. The summed E-state index contributed by atoms with van der Waals surface area (Å²) in [4.78, 5) is 2.41. The number of hydrogen-bond acceptors (Lipinski definition) is 2. The van der Waals surface area contributed by atoms with Gasteiger partial charge in [-0.15, -0.1) is 0 Å². The molecule has 0 radical (unpaired) electrons. The predicted molar refractivity (Wildman–Crippen MR) is 220 cm³/mol. The summed E-state index contributed by atoms with van der Waals surface area (Å²) in [7, 11) is 0. The Hall–Kier alpha value is -6.90. The summed E-state index contributed by atoms with van der Waals surface area (Å²) in [6.45, 7) is 0. The van der Waals surface area contributed by atoms with E-state index in [0.29, 0.717) is 0 Å². The van der Waals surface area contributed by atoms with Crippen LogP contribution in [0.1, 0.15) is 0 Å². The topological polar surface area (TPSA) is 16.4 Å². The highest BCUT2D eigenvalue weighted by atomic mass is 16.3. The summed E-state index contributed by atoms with van der Waals surface area (Å²) in [6.07, 6.45) is 0. The van der Waals surface area contributed by atoms with E-state index in [1.807, 2.05) is 12.1 Å². The molecule has 9 aromatic carbocycles. The number of fused-ring (bicyclic) bond motifs is 5. The number of nitrogens with zero attached hydrogens (tertiary/aromatic N) is 1. The van der Waals surface area contributed by atoms with Crippen molar-refractivity contribution in [3.05, 3.63) is 200 Å². The molecule has 0 unspecified atom stereocenters. The summed E-state index contributed by atoms with van der Waals surface area (Å²) >= 11 is 0. The van der Waals surface area contributed by atoms with Crippen LogP contribution in [0.25, 0.3) is 76.9 Å². The van der Waals surface area contributed by atoms with Gasteiger partial charge in [0.05, 0.1) is 5.69 Å². The van der Waals surface area contributed by atoms with Crippen LogP contribution in [-0.2, 0) is 0 Å². The smallest absolute Gasteiger partial charge is 0.135 e. The molecule has 0 aliphatic heterocycles. The quantitative estimate of drug-likeness (QED) is 0.176. The van der Waals surface area contributed by atoms with Crippen LogP contribution >= 0.6 is 0 Å². The van der Waals surface area contributed by atoms with Crippen LogP contribution in [0, 0.1) is 0 Å². The summed E-state index contributed by atoms with van der Waals surface area (Å²) in [5, 5.41) is 7.17. The number of furan rings is 1. The highest BCUT2D eigenvalue weighted by Gasteiger charge is 2.20. The Morgan fingerprint density at radius 1 is 0.327 bits per heavy atom. The fourth-order valence-corrected chi connectivity index (χ4v) is 7.77. The summed E-state index contributed by atoms with van der Waals surface area (Å²) in [5.41, 5.74) is 12.3. The Morgan fingerprint density at radius 3 is 1.83 bits per heavy atom. The molecule has 0 aliphatic rings. The maximum atomic E-state index is 6.12. The van der Waals surface area contributed by atoms with Gasteiger partial charge in [0.1, 0.15) is 11.2 Å². The van der Waals surface area contributed by atoms with Crippen molar-refractivity contribution in [2.75, 3.05) is 4.90 Å². The first-order valence-corrected chi connectivity index (χ1v) is 17.8. The lowest BCUT2D eigenvalue weighted by atomic mass is 9.90. The Bertz CT molecular complexity index is 2900. The van der Waals surface area contributed by atoms with Gasteiger partial charge in [-0.05, 0) is 97.9 Å². The van der Waals surface area contributed by atoms with Crippen molar-refractivity contribution in [2.24, 2.45) is 0 Å². The maximum Gasteiger partial charge on any atom is 0.135 e. The average molecular weight is 664 g/mol. The Morgan fingerprint density at radius 2 is 0.962 bits per heavy atom. The number of hydrogen-bond donors (Lipinski definition) is 0. The minimum atomic E-state index is 0.907. The van der Waals surface area contributed by atoms with Gasteiger partial charge in [0.2, 0.25) is 0 Å². The SMILES string of the molecule is c1ccc(-c2cccc3cccc(-c4ccccc4N(c4ccc(-c5ccc6oc7ccccc7c6c5)cc4)c4ccc5ccccc5c4)c23)cc1. The lowest BCUT2D eigenvalue weighted by Gasteiger charge is -2.29. The Kier molecular flexibility index (Phi) is 7.18. The molecule has 0 bridgehead atoms. The standard InChI is InChI=1S/C50H33NO/c1-2-13-36(14-3-1)42-20-10-16-37-17-11-21-45(50(37)42)43-18-6-8-22-47(43)51(41-30-26-34-12-4-5-15-38(34)32-41)40-28-24-35(25-29-40)39-27-31-49-46(33-39)44-19-7-9-23-48(44)52-49/h1-33H. The number of benzene rings is 9. The van der Waals surface area contributed by atoms with Crippen LogP contribution in [0.2, 0.25) is 0 Å². The second-order valence-corrected chi connectivity index (χ2v) is 13.3. The molecule has 0 amide bonds. The van der Waals surface area contributed by atoms with E-state index in [2.05, 4.69) is 193 Å². The maximum absolute atomic E-state index is 6.12. The van der Waals surface area contributed by atoms with E-state index in [4.69, 9.17) is 4.42 Å². The third-order valence-electron chi connectivity index (χ3n) is 10.3. The fourth-order valence-electron chi connectivity index (χ4n) is 7.77. The number of para-hydroxylation sites is 2. The molecule has 1 aromatic heterocycles. The molecule has 2 heteroatoms. The predicted octanol–water partition coefficient (Wildman–Crippen LogP) is 14.4. The largest absolute Gasteiger partial charge is 0.456 e. The Labute approximate surface area is 302 Å². The number of anilines is 3. The molecule has 52 heavy (non-hydrogen) atoms. The van der Waals surface area contributed by atoms with Crippen molar-refractivity contribution in [2.45, 2.75) is 0 Å². The van der Waals surface area contributed by atoms with Gasteiger partial charge < -0.3 is 9.32 Å². The second kappa shape index (κ2) is 12.5. The monoisotopic (exact) mass is 663 g/mol. The molecular formula is C50H33NO. The first-order valence-electron chi connectivity index (χ1n) is 17.8. The van der Waals surface area contributed by atoms with Gasteiger partial charge in [0.15, 0.2) is 0 Å². The zero-order valence-electron chi connectivity index (χ0n) is 28.4. The highest BCUT2D eigenvalue weighted by Crippen LogP contribution is 2.45. The molecule has 10 aromatic rings. The average Bonchev–Trinajstić information content (AvgIpc) is 3.59. The lowest BCUT2D eigenvalue weighted by Crippen LogP contribution is -2.11. The van der Waals surface area contributed by atoms with Gasteiger partial charge in [0.25, 0.3) is 0 Å². The van der Waals surface area contributed by atoms with Crippen molar-refractivity contribution in [1.29, 1.82) is 0 Å². The van der Waals surface area contributed by atoms with Crippen LogP contribution in [0.3, 0.4) is 0 Å². The minimum Gasteiger partial charge on any atom is -0.456 e. The van der Waals surface area contributed by atoms with Crippen LogP contribution < -0.4 is 4.90 Å². The molecule has 0 saturated carbocycles. The van der Waals surface area contributed by atoms with E-state index in [9.17, 15) is 0 Å². The van der Waals surface area contributed by atoms with Crippen molar-refractivity contribution in [3.8, 4) is 33.4 Å². The van der Waals surface area contributed by atoms with Gasteiger partial charge in [-0.25, -0.2) is 0 Å². The molecule has 244 valence electrons. The molecule has 0 spiro atoms. The molecule has 0 aliphatic carbocycles. The second-order valence-electron chi connectivity index (χ2n) is 13.3. The summed E-state index contributed by atoms with van der Waals surface area (Å²) in [6, 6.07) is 71.9. The zero-order valence-corrected chi connectivity index (χ0v) is 28.4. The summed E-state index contributed by atoms with van der Waals surface area (Å²) < 4.78 is 6.12. The first-order chi connectivity index (χ1) is 25.8. The third kappa shape index (κ3) is 5.12. The molecular weight excluding hydrogens is 631 g/mol. The lowest BCUT2D eigenvalue weighted by molar-refractivity contribution is 0.669. The van der Waals surface area contributed by atoms with Gasteiger partial charge in [-0.3, -0.25) is 0 Å². The first kappa shape index (κ1) is 30.0. The highest BCUT2D eigenvalue weighted by molar-refractivity contribution is 6.09. The Balaban J connectivity index is 1.15. The van der Waals surface area contributed by atoms with E-state index >= 15 is 0 Å². The number of rotatable bonds is 6. The van der Waals surface area contributed by atoms with Gasteiger partial charge in [-0.1, -0.05) is 152 Å². The van der Waals surface area contributed by atoms with Crippen LogP contribution in [0.5, 0.6) is 0 Å². The van der Waals surface area contributed by atoms with Crippen molar-refractivity contribution in [3.63, 3.8) is 0 Å². The fraction of sp³-hybridized carbons (Fsp3) is 0. The molecule has 10 rings (SSSR count). The normalized spacial score (nSPS) is 11.5. The van der Waals surface area contributed by atoms with Crippen molar-refractivity contribution >= 4 is 60.5 Å². The molecule has 0 fully saturated rings. The van der Waals surface area contributed by atoms with Crippen molar-refractivity contribution < 1.29 is 4.42 Å². The molecule has 0 saturated heterocycles. The van der Waals surface area contributed by atoms with E-state index in [-0.39, 0.29) is 0 Å². The molecule has 1 heterocycles. The third-order valence-corrected chi connectivity index (χ3v) is 10.3. The molecule has 2 nitrogen and oxygen atoms in total. The summed E-state index contributed by atoms with van der Waals surface area (Å²) in [5.74, 6) is 0. The molecule has 0 atom stereocenters. The van der Waals surface area contributed by atoms with E-state index in [1.54, 1.807) is 0 Å². The van der Waals surface area contributed by atoms with Crippen molar-refractivity contribution in [1.82, 2.24) is 0 Å². The van der Waals surface area contributed by atoms with Gasteiger partial charge >= 0.3 is 0 Å². The minimum absolute atomic E-state index is 0.907. The van der Waals surface area contributed by atoms with Crippen LogP contribution in [-0.4, -0.2) is 0 Å². The van der Waals surface area contributed by atoms with Crippen LogP contribution in [0.4, 0.5) is 17.1 Å². The zero-order chi connectivity index (χ0) is 34.4. The van der Waals surface area contributed by atoms with E-state index in [0.717, 1.165) is 50.1 Å².